The smallest absolute Gasteiger partial charge is 0.295 e. The molecule has 0 bridgehead atoms. The molecule has 1 amide bonds. The Morgan fingerprint density at radius 1 is 1.24 bits per heavy atom. The quantitative estimate of drug-likeness (QED) is 0.485. The van der Waals surface area contributed by atoms with Crippen molar-refractivity contribution in [3.8, 4) is 0 Å². The van der Waals surface area contributed by atoms with Gasteiger partial charge in [0, 0.05) is 38.6 Å². The van der Waals surface area contributed by atoms with E-state index in [1.54, 1.807) is 24.1 Å². The van der Waals surface area contributed by atoms with Gasteiger partial charge in [0.1, 0.15) is 6.61 Å². The highest BCUT2D eigenvalue weighted by Crippen LogP contribution is 2.11. The lowest BCUT2D eigenvalue weighted by molar-refractivity contribution is -0.885. The van der Waals surface area contributed by atoms with Crippen molar-refractivity contribution >= 4 is 11.9 Å². The summed E-state index contributed by atoms with van der Waals surface area (Å²) in [7, 11) is 5.79. The molecule has 1 aliphatic heterocycles. The van der Waals surface area contributed by atoms with Gasteiger partial charge in [0.15, 0.2) is 0 Å². The fraction of sp³-hybridized carbons (Fsp3) is 0.579. The Morgan fingerprint density at radius 3 is 2.48 bits per heavy atom. The fourth-order valence-corrected chi connectivity index (χ4v) is 2.92. The van der Waals surface area contributed by atoms with Gasteiger partial charge in [-0.05, 0) is 19.1 Å². The molecule has 0 spiro atoms. The van der Waals surface area contributed by atoms with Crippen molar-refractivity contribution in [1.82, 2.24) is 4.90 Å². The van der Waals surface area contributed by atoms with Gasteiger partial charge in [-0.1, -0.05) is 17.7 Å². The zero-order valence-corrected chi connectivity index (χ0v) is 15.7. The number of rotatable bonds is 5. The molecule has 0 aliphatic carbocycles. The first kappa shape index (κ1) is 19.4. The Labute approximate surface area is 150 Å². The number of carbonyl (C=O) groups is 1. The molecule has 0 aromatic heterocycles. The maximum Gasteiger partial charge on any atom is 0.295 e. The number of likely N-dealkylation sites (tertiary alicyclic amines) is 1. The maximum atomic E-state index is 12.5. The first-order valence-electron chi connectivity index (χ1n) is 8.87. The topological polar surface area (TPSA) is 55.6 Å². The van der Waals surface area contributed by atoms with Crippen LogP contribution in [0, 0.1) is 6.92 Å². The number of amides is 1. The highest BCUT2D eigenvalue weighted by Gasteiger charge is 2.26. The number of carbonyl (C=O) groups excluding carboxylic acids is 1. The number of hydrogen-bond donors (Lipinski definition) is 1. The van der Waals surface area contributed by atoms with E-state index in [1.165, 1.54) is 0 Å². The molecule has 6 nitrogen and oxygen atoms in total. The monoisotopic (exact) mass is 348 g/mol. The van der Waals surface area contributed by atoms with Crippen molar-refractivity contribution in [3.63, 3.8) is 0 Å². The first-order chi connectivity index (χ1) is 12.0. The summed E-state index contributed by atoms with van der Waals surface area (Å²) in [6.45, 7) is 5.06. The van der Waals surface area contributed by atoms with Gasteiger partial charge in [0.05, 0.1) is 26.7 Å². The first-order valence-corrected chi connectivity index (χ1v) is 8.87. The highest BCUT2D eigenvalue weighted by atomic mass is 16.5. The summed E-state index contributed by atoms with van der Waals surface area (Å²) >= 11 is 0. The molecule has 25 heavy (non-hydrogen) atoms. The molecule has 6 heteroatoms. The predicted octanol–water partition coefficient (Wildman–Crippen LogP) is 0.763. The number of aliphatic imine (C=N–C) groups is 1. The van der Waals surface area contributed by atoms with Gasteiger partial charge >= 0.3 is 0 Å². The van der Waals surface area contributed by atoms with E-state index >= 15 is 0 Å². The van der Waals surface area contributed by atoms with Gasteiger partial charge < -0.3 is 19.3 Å². The molecule has 1 heterocycles. The van der Waals surface area contributed by atoms with Gasteiger partial charge in [-0.2, -0.15) is 4.99 Å². The van der Waals surface area contributed by atoms with E-state index in [4.69, 9.17) is 9.47 Å². The number of aryl methyl sites for hydroxylation is 1. The second-order valence-corrected chi connectivity index (χ2v) is 6.71. The third kappa shape index (κ3) is 5.83. The zero-order valence-electron chi connectivity index (χ0n) is 15.7. The van der Waals surface area contributed by atoms with Crippen molar-refractivity contribution < 1.29 is 19.2 Å². The van der Waals surface area contributed by atoms with E-state index in [-0.39, 0.29) is 5.91 Å². The van der Waals surface area contributed by atoms with Crippen LogP contribution in [0.15, 0.2) is 29.3 Å². The van der Waals surface area contributed by atoms with Crippen LogP contribution in [0.4, 0.5) is 0 Å². The van der Waals surface area contributed by atoms with Crippen LogP contribution in [0.5, 0.6) is 0 Å². The molecule has 1 aromatic carbocycles. The molecule has 1 fully saturated rings. The minimum absolute atomic E-state index is 0.280. The Balaban J connectivity index is 2.12. The SMILES string of the molecule is COCCOC(=NC(=O)c1ccc(C)cc1)N(C)C1CC[NH+](C)CC1. The van der Waals surface area contributed by atoms with Gasteiger partial charge in [-0.25, -0.2) is 0 Å². The number of methoxy groups -OCH3 is 1. The van der Waals surface area contributed by atoms with Gasteiger partial charge in [-0.15, -0.1) is 0 Å². The van der Waals surface area contributed by atoms with E-state index in [0.29, 0.717) is 30.8 Å². The van der Waals surface area contributed by atoms with Crippen molar-refractivity contribution in [2.45, 2.75) is 25.8 Å². The molecule has 0 unspecified atom stereocenters. The number of benzene rings is 1. The standard InChI is InChI=1S/C19H29N3O3/c1-15-5-7-16(8-6-15)18(23)20-19(25-14-13-24-4)22(3)17-9-11-21(2)12-10-17/h5-8,17H,9-14H2,1-4H3/p+1. The lowest BCUT2D eigenvalue weighted by Crippen LogP contribution is -3.10. The summed E-state index contributed by atoms with van der Waals surface area (Å²) in [5, 5.41) is 0. The average molecular weight is 348 g/mol. The number of nitrogens with zero attached hydrogens (tertiary/aromatic N) is 2. The molecule has 1 aromatic rings. The summed E-state index contributed by atoms with van der Waals surface area (Å²) in [4.78, 5) is 20.3. The number of nitrogens with one attached hydrogen (secondary N) is 1. The summed E-state index contributed by atoms with van der Waals surface area (Å²) in [6.07, 6.45) is 2.13. The Hall–Kier alpha value is -1.92. The largest absolute Gasteiger partial charge is 0.462 e. The Kier molecular flexibility index (Phi) is 7.40. The number of hydrogen-bond acceptors (Lipinski definition) is 3. The molecule has 138 valence electrons. The molecule has 0 radical (unpaired) electrons. The van der Waals surface area contributed by atoms with E-state index in [2.05, 4.69) is 12.0 Å². The third-order valence-corrected chi connectivity index (χ3v) is 4.67. The van der Waals surface area contributed by atoms with Gasteiger partial charge in [-0.3, -0.25) is 4.79 Å². The molecule has 0 saturated carbocycles. The van der Waals surface area contributed by atoms with Crippen molar-refractivity contribution in [2.24, 2.45) is 4.99 Å². The average Bonchev–Trinajstić information content (AvgIpc) is 2.61. The van der Waals surface area contributed by atoms with Crippen LogP contribution in [0.25, 0.3) is 0 Å². The van der Waals surface area contributed by atoms with Crippen LogP contribution in [0.1, 0.15) is 28.8 Å². The predicted molar refractivity (Wildman–Crippen MR) is 98.2 cm³/mol. The Morgan fingerprint density at radius 2 is 1.88 bits per heavy atom. The maximum absolute atomic E-state index is 12.5. The van der Waals surface area contributed by atoms with Crippen molar-refractivity contribution in [2.75, 3.05) is 47.5 Å². The van der Waals surface area contributed by atoms with E-state index < -0.39 is 0 Å². The summed E-state index contributed by atoms with van der Waals surface area (Å²) in [6, 6.07) is 8.15. The molecule has 0 atom stereocenters. The molecular weight excluding hydrogens is 318 g/mol. The molecule has 1 aliphatic rings. The van der Waals surface area contributed by atoms with Crippen LogP contribution < -0.4 is 4.90 Å². The zero-order chi connectivity index (χ0) is 18.2. The number of quaternary nitrogens is 1. The fourth-order valence-electron chi connectivity index (χ4n) is 2.92. The van der Waals surface area contributed by atoms with Crippen molar-refractivity contribution in [1.29, 1.82) is 0 Å². The summed E-state index contributed by atoms with van der Waals surface area (Å²) in [5.74, 6) is -0.280. The van der Waals surface area contributed by atoms with Crippen LogP contribution in [0.2, 0.25) is 0 Å². The van der Waals surface area contributed by atoms with Gasteiger partial charge in [0.25, 0.3) is 11.9 Å². The lowest BCUT2D eigenvalue weighted by Gasteiger charge is -2.34. The molecule has 1 N–H and O–H groups in total. The Bertz CT molecular complexity index is 578. The van der Waals surface area contributed by atoms with Gasteiger partial charge in [0.2, 0.25) is 0 Å². The van der Waals surface area contributed by atoms with Crippen LogP contribution in [0.3, 0.4) is 0 Å². The summed E-state index contributed by atoms with van der Waals surface area (Å²) in [5.41, 5.74) is 1.68. The van der Waals surface area contributed by atoms with Crippen molar-refractivity contribution in [3.05, 3.63) is 35.4 Å². The third-order valence-electron chi connectivity index (χ3n) is 4.67. The second-order valence-electron chi connectivity index (χ2n) is 6.71. The van der Waals surface area contributed by atoms with E-state index in [1.807, 2.05) is 31.0 Å². The summed E-state index contributed by atoms with van der Waals surface area (Å²) < 4.78 is 10.8. The highest BCUT2D eigenvalue weighted by molar-refractivity contribution is 6.01. The molecule has 2 rings (SSSR count). The number of ether oxygens (including phenoxy) is 2. The number of piperidine rings is 1. The van der Waals surface area contributed by atoms with E-state index in [9.17, 15) is 4.79 Å². The second kappa shape index (κ2) is 9.53. The van der Waals surface area contributed by atoms with Crippen LogP contribution >= 0.6 is 0 Å². The molecule has 1 saturated heterocycles. The van der Waals surface area contributed by atoms with E-state index in [0.717, 1.165) is 31.5 Å². The minimum atomic E-state index is -0.280. The normalized spacial score (nSPS) is 21.0. The molecular formula is C19H30N3O3+. The minimum Gasteiger partial charge on any atom is -0.462 e. The lowest BCUT2D eigenvalue weighted by atomic mass is 10.0. The van der Waals surface area contributed by atoms with Crippen LogP contribution in [-0.2, 0) is 9.47 Å². The number of amidine groups is 1. The van der Waals surface area contributed by atoms with Crippen LogP contribution in [-0.4, -0.2) is 70.4 Å².